The summed E-state index contributed by atoms with van der Waals surface area (Å²) in [5, 5.41) is 13.3. The lowest BCUT2D eigenvalue weighted by Gasteiger charge is -2.28. The maximum Gasteiger partial charge on any atom is 0.205 e. The molecule has 2 aliphatic rings. The van der Waals surface area contributed by atoms with Gasteiger partial charge in [0.2, 0.25) is 6.29 Å². The molecule has 0 unspecified atom stereocenters. The Bertz CT molecular complexity index is 732. The van der Waals surface area contributed by atoms with Crippen LogP contribution in [0.15, 0.2) is 36.4 Å². The number of rotatable bonds is 5. The van der Waals surface area contributed by atoms with Crippen LogP contribution in [0.4, 0.5) is 5.82 Å². The Hall–Kier alpha value is -2.15. The molecule has 0 amide bonds. The van der Waals surface area contributed by atoms with Gasteiger partial charge in [-0.2, -0.15) is 0 Å². The fourth-order valence-electron chi connectivity index (χ4n) is 3.34. The van der Waals surface area contributed by atoms with Crippen molar-refractivity contribution in [3.8, 4) is 5.75 Å². The van der Waals surface area contributed by atoms with Crippen LogP contribution >= 0.6 is 0 Å². The number of benzene rings is 1. The van der Waals surface area contributed by atoms with Crippen LogP contribution in [0.1, 0.15) is 23.1 Å². The van der Waals surface area contributed by atoms with E-state index in [-0.39, 0.29) is 5.75 Å². The zero-order valence-electron chi connectivity index (χ0n) is 14.1. The molecule has 2 N–H and O–H groups in total. The number of nitrogens with one attached hydrogen (secondary N) is 1. The molecule has 0 bridgehead atoms. The maximum absolute atomic E-state index is 9.96. The molecule has 1 aromatic carbocycles. The van der Waals surface area contributed by atoms with Gasteiger partial charge in [-0.25, -0.2) is 4.98 Å². The molecule has 2 aromatic rings. The number of aromatic hydroxyl groups is 1. The summed E-state index contributed by atoms with van der Waals surface area (Å²) in [7, 11) is 0. The molecule has 0 radical (unpaired) electrons. The summed E-state index contributed by atoms with van der Waals surface area (Å²) in [6.45, 7) is 4.88. The van der Waals surface area contributed by atoms with E-state index in [1.165, 1.54) is 11.1 Å². The van der Waals surface area contributed by atoms with Crippen molar-refractivity contribution in [3.05, 3.63) is 53.2 Å². The maximum atomic E-state index is 9.96. The van der Waals surface area contributed by atoms with Gasteiger partial charge in [0.1, 0.15) is 17.3 Å². The van der Waals surface area contributed by atoms with Crippen LogP contribution in [0.3, 0.4) is 0 Å². The molecule has 3 heterocycles. The van der Waals surface area contributed by atoms with Gasteiger partial charge in [0.15, 0.2) is 0 Å². The molecule has 1 saturated heterocycles. The Morgan fingerprint density at radius 3 is 2.76 bits per heavy atom. The van der Waals surface area contributed by atoms with E-state index in [1.807, 2.05) is 0 Å². The summed E-state index contributed by atoms with van der Waals surface area (Å²) >= 11 is 0. The Morgan fingerprint density at radius 2 is 1.92 bits per heavy atom. The average molecular weight is 341 g/mol. The third-order valence-corrected chi connectivity index (χ3v) is 4.69. The Kier molecular flexibility index (Phi) is 4.83. The van der Waals surface area contributed by atoms with Crippen molar-refractivity contribution in [1.82, 2.24) is 9.88 Å². The first-order chi connectivity index (χ1) is 12.3. The third-order valence-electron chi connectivity index (χ3n) is 4.69. The normalized spacial score (nSPS) is 18.2. The minimum absolute atomic E-state index is 0.102. The Balaban J connectivity index is 1.32. The minimum atomic E-state index is -0.569. The quantitative estimate of drug-likeness (QED) is 0.870. The van der Waals surface area contributed by atoms with Crippen molar-refractivity contribution in [2.75, 3.05) is 38.2 Å². The van der Waals surface area contributed by atoms with Crippen LogP contribution in [0.25, 0.3) is 0 Å². The van der Waals surface area contributed by atoms with E-state index in [9.17, 15) is 5.11 Å². The predicted molar refractivity (Wildman–Crippen MR) is 94.5 cm³/mol. The highest BCUT2D eigenvalue weighted by Gasteiger charge is 2.23. The lowest BCUT2D eigenvalue weighted by Crippen LogP contribution is -2.34. The zero-order chi connectivity index (χ0) is 17.1. The first kappa shape index (κ1) is 16.3. The fraction of sp³-hybridized carbons (Fsp3) is 0.421. The molecule has 1 aromatic heterocycles. The standard InChI is InChI=1S/C19H23N3O3/c23-16-5-6-17(21-18(16)19-24-11-12-25-19)20-8-10-22-9-7-14-3-1-2-4-15(14)13-22/h1-6,19,23H,7-13H2,(H,20,21). The topological polar surface area (TPSA) is 66.9 Å². The summed E-state index contributed by atoms with van der Waals surface area (Å²) in [4.78, 5) is 6.89. The first-order valence-corrected chi connectivity index (χ1v) is 8.76. The number of hydrogen-bond donors (Lipinski definition) is 2. The molecule has 1 fully saturated rings. The molecule has 2 aliphatic heterocycles. The number of nitrogens with zero attached hydrogens (tertiary/aromatic N) is 2. The zero-order valence-corrected chi connectivity index (χ0v) is 14.1. The SMILES string of the molecule is Oc1ccc(NCCN2CCc3ccccc3C2)nc1C1OCCO1. The van der Waals surface area contributed by atoms with E-state index in [1.54, 1.807) is 12.1 Å². The van der Waals surface area contributed by atoms with Crippen molar-refractivity contribution in [1.29, 1.82) is 0 Å². The second-order valence-corrected chi connectivity index (χ2v) is 6.40. The second kappa shape index (κ2) is 7.39. The van der Waals surface area contributed by atoms with Crippen LogP contribution in [0.5, 0.6) is 5.75 Å². The monoisotopic (exact) mass is 341 g/mol. The summed E-state index contributed by atoms with van der Waals surface area (Å²) in [5.74, 6) is 0.828. The van der Waals surface area contributed by atoms with Gasteiger partial charge in [0, 0.05) is 26.2 Å². The smallest absolute Gasteiger partial charge is 0.205 e. The van der Waals surface area contributed by atoms with Crippen molar-refractivity contribution >= 4 is 5.82 Å². The van der Waals surface area contributed by atoms with Crippen molar-refractivity contribution in [2.24, 2.45) is 0 Å². The van der Waals surface area contributed by atoms with Gasteiger partial charge in [-0.15, -0.1) is 0 Å². The molecule has 0 spiro atoms. The molecule has 6 heteroatoms. The van der Waals surface area contributed by atoms with Gasteiger partial charge in [-0.3, -0.25) is 4.90 Å². The number of anilines is 1. The summed E-state index contributed by atoms with van der Waals surface area (Å²) < 4.78 is 10.9. The summed E-state index contributed by atoms with van der Waals surface area (Å²) in [6, 6.07) is 12.1. The first-order valence-electron chi connectivity index (χ1n) is 8.76. The van der Waals surface area contributed by atoms with E-state index in [0.29, 0.717) is 18.9 Å². The van der Waals surface area contributed by atoms with E-state index in [0.717, 1.165) is 38.4 Å². The highest BCUT2D eigenvalue weighted by molar-refractivity contribution is 5.41. The molecule has 25 heavy (non-hydrogen) atoms. The Morgan fingerprint density at radius 1 is 1.12 bits per heavy atom. The van der Waals surface area contributed by atoms with E-state index in [2.05, 4.69) is 39.5 Å². The van der Waals surface area contributed by atoms with Crippen LogP contribution in [-0.2, 0) is 22.4 Å². The van der Waals surface area contributed by atoms with Crippen molar-refractivity contribution in [3.63, 3.8) is 0 Å². The molecule has 0 atom stereocenters. The van der Waals surface area contributed by atoms with Gasteiger partial charge in [-0.1, -0.05) is 24.3 Å². The number of fused-ring (bicyclic) bond motifs is 1. The Labute approximate surface area is 147 Å². The van der Waals surface area contributed by atoms with Gasteiger partial charge >= 0.3 is 0 Å². The van der Waals surface area contributed by atoms with E-state index < -0.39 is 6.29 Å². The molecular formula is C19H23N3O3. The second-order valence-electron chi connectivity index (χ2n) is 6.40. The molecule has 4 rings (SSSR count). The van der Waals surface area contributed by atoms with Crippen LogP contribution in [-0.4, -0.2) is 47.8 Å². The van der Waals surface area contributed by atoms with Crippen molar-refractivity contribution < 1.29 is 14.6 Å². The number of ether oxygens (including phenoxy) is 2. The highest BCUT2D eigenvalue weighted by atomic mass is 16.7. The molecule has 132 valence electrons. The van der Waals surface area contributed by atoms with E-state index >= 15 is 0 Å². The fourth-order valence-corrected chi connectivity index (χ4v) is 3.34. The van der Waals surface area contributed by atoms with Gasteiger partial charge in [0.05, 0.1) is 13.2 Å². The van der Waals surface area contributed by atoms with Gasteiger partial charge in [-0.05, 0) is 29.7 Å². The predicted octanol–water partition coefficient (Wildman–Crippen LogP) is 2.30. The number of aromatic nitrogens is 1. The number of pyridine rings is 1. The largest absolute Gasteiger partial charge is 0.506 e. The highest BCUT2D eigenvalue weighted by Crippen LogP contribution is 2.29. The van der Waals surface area contributed by atoms with Crippen LogP contribution < -0.4 is 5.32 Å². The lowest BCUT2D eigenvalue weighted by molar-refractivity contribution is -0.0486. The minimum Gasteiger partial charge on any atom is -0.506 e. The van der Waals surface area contributed by atoms with Crippen molar-refractivity contribution in [2.45, 2.75) is 19.3 Å². The average Bonchev–Trinajstić information content (AvgIpc) is 3.17. The molecular weight excluding hydrogens is 318 g/mol. The number of hydrogen-bond acceptors (Lipinski definition) is 6. The van der Waals surface area contributed by atoms with Crippen LogP contribution in [0, 0.1) is 0 Å². The molecule has 6 nitrogen and oxygen atoms in total. The molecule has 0 saturated carbocycles. The summed E-state index contributed by atoms with van der Waals surface area (Å²) in [6.07, 6.45) is 0.536. The van der Waals surface area contributed by atoms with Gasteiger partial charge in [0.25, 0.3) is 0 Å². The third kappa shape index (κ3) is 3.76. The lowest BCUT2D eigenvalue weighted by atomic mass is 10.00. The van der Waals surface area contributed by atoms with E-state index in [4.69, 9.17) is 9.47 Å². The molecule has 0 aliphatic carbocycles. The van der Waals surface area contributed by atoms with Crippen LogP contribution in [0.2, 0.25) is 0 Å². The summed E-state index contributed by atoms with van der Waals surface area (Å²) in [5.41, 5.74) is 3.33. The van der Waals surface area contributed by atoms with Gasteiger partial charge < -0.3 is 19.9 Å².